The summed E-state index contributed by atoms with van der Waals surface area (Å²) in [6, 6.07) is 8.30. The van der Waals surface area contributed by atoms with Crippen LogP contribution in [0.1, 0.15) is 10.6 Å². The van der Waals surface area contributed by atoms with Gasteiger partial charge in [0.2, 0.25) is 0 Å². The van der Waals surface area contributed by atoms with E-state index in [0.717, 1.165) is 19.3 Å². The Morgan fingerprint density at radius 1 is 1.24 bits per heavy atom. The zero-order valence-corrected chi connectivity index (χ0v) is 17.5. The molecule has 29 heavy (non-hydrogen) atoms. The number of benzene rings is 1. The maximum atomic E-state index is 13.1. The van der Waals surface area contributed by atoms with Gasteiger partial charge in [-0.25, -0.2) is 13.4 Å². The van der Waals surface area contributed by atoms with Crippen LogP contribution < -0.4 is 4.90 Å². The van der Waals surface area contributed by atoms with E-state index in [1.54, 1.807) is 23.1 Å². The van der Waals surface area contributed by atoms with Crippen molar-refractivity contribution in [2.75, 3.05) is 50.5 Å². The molecule has 1 aliphatic rings. The lowest BCUT2D eigenvalue weighted by Gasteiger charge is -2.28. The lowest BCUT2D eigenvalue weighted by molar-refractivity contribution is 0.0390. The Balaban J connectivity index is 1.69. The van der Waals surface area contributed by atoms with Crippen molar-refractivity contribution in [2.45, 2.75) is 4.90 Å². The fraction of sp³-hybridized carbons (Fsp3) is 0.368. The molecule has 0 radical (unpaired) electrons. The Morgan fingerprint density at radius 2 is 2.03 bits per heavy atom. The molecule has 3 heterocycles. The van der Waals surface area contributed by atoms with Crippen molar-refractivity contribution in [2.24, 2.45) is 0 Å². The number of para-hydroxylation sites is 1. The summed E-state index contributed by atoms with van der Waals surface area (Å²) >= 11 is 1.29. The van der Waals surface area contributed by atoms with E-state index in [9.17, 15) is 13.2 Å². The second kappa shape index (κ2) is 8.23. The van der Waals surface area contributed by atoms with Gasteiger partial charge in [-0.1, -0.05) is 17.4 Å². The molecule has 4 rings (SSSR count). The fourth-order valence-corrected chi connectivity index (χ4v) is 5.12. The van der Waals surface area contributed by atoms with E-state index in [1.165, 1.54) is 23.7 Å². The molecule has 0 N–H and O–H groups in total. The maximum absolute atomic E-state index is 13.1. The monoisotopic (exact) mass is 435 g/mol. The number of fused-ring (bicyclic) bond motifs is 1. The molecule has 0 bridgehead atoms. The number of anilines is 1. The van der Waals surface area contributed by atoms with E-state index in [4.69, 9.17) is 9.15 Å². The van der Waals surface area contributed by atoms with Gasteiger partial charge in [-0.05, 0) is 24.3 Å². The van der Waals surface area contributed by atoms with Crippen LogP contribution in [0, 0.1) is 0 Å². The number of amides is 1. The van der Waals surface area contributed by atoms with Crippen molar-refractivity contribution in [3.63, 3.8) is 0 Å². The Bertz CT molecular complexity index is 1100. The third kappa shape index (κ3) is 4.35. The first-order chi connectivity index (χ1) is 13.9. The second-order valence-corrected chi connectivity index (χ2v) is 9.75. The quantitative estimate of drug-likeness (QED) is 0.586. The summed E-state index contributed by atoms with van der Waals surface area (Å²) in [5.74, 6) is -0.0854. The summed E-state index contributed by atoms with van der Waals surface area (Å²) in [5.41, 5.74) is 0.388. The fourth-order valence-electron chi connectivity index (χ4n) is 3.21. The Labute approximate surface area is 172 Å². The molecule has 0 saturated carbocycles. The highest BCUT2D eigenvalue weighted by molar-refractivity contribution is 7.91. The van der Waals surface area contributed by atoms with Gasteiger partial charge in [0.25, 0.3) is 5.91 Å². The van der Waals surface area contributed by atoms with Gasteiger partial charge in [0.1, 0.15) is 5.52 Å². The van der Waals surface area contributed by atoms with E-state index < -0.39 is 9.84 Å². The van der Waals surface area contributed by atoms with Crippen LogP contribution in [0.2, 0.25) is 0 Å². The highest BCUT2D eigenvalue weighted by Crippen LogP contribution is 2.33. The molecule has 2 aromatic heterocycles. The van der Waals surface area contributed by atoms with Gasteiger partial charge >= 0.3 is 0 Å². The number of morpholine rings is 1. The zero-order valence-electron chi connectivity index (χ0n) is 15.9. The lowest BCUT2D eigenvalue weighted by atomic mass is 10.3. The van der Waals surface area contributed by atoms with Crippen LogP contribution in [-0.4, -0.2) is 69.9 Å². The number of hydrogen-bond acceptors (Lipinski definition) is 8. The molecular weight excluding hydrogens is 414 g/mol. The van der Waals surface area contributed by atoms with Crippen molar-refractivity contribution in [1.29, 1.82) is 0 Å². The summed E-state index contributed by atoms with van der Waals surface area (Å²) in [6.07, 6.45) is 2.61. The number of carbonyl (C=O) groups excluding carboxylic acids is 1. The molecular formula is C19H21N3O5S2. The van der Waals surface area contributed by atoms with Crippen LogP contribution in [-0.2, 0) is 14.6 Å². The minimum Gasteiger partial charge on any atom is -0.459 e. The van der Waals surface area contributed by atoms with E-state index in [-0.39, 0.29) is 16.6 Å². The number of ether oxygens (including phenoxy) is 1. The molecule has 1 amide bonds. The number of hydrogen-bond donors (Lipinski definition) is 0. The Hall–Kier alpha value is -2.27. The van der Waals surface area contributed by atoms with E-state index >= 15 is 0 Å². The molecule has 1 saturated heterocycles. The molecule has 0 unspecified atom stereocenters. The predicted octanol–water partition coefficient (Wildman–Crippen LogP) is 2.27. The molecule has 154 valence electrons. The summed E-state index contributed by atoms with van der Waals surface area (Å²) in [5, 5.41) is 0.450. The predicted molar refractivity (Wildman–Crippen MR) is 110 cm³/mol. The SMILES string of the molecule is CS(=O)(=O)c1cccc2sc(N(CCN3CCOCC3)C(=O)c3ccco3)nc12. The van der Waals surface area contributed by atoms with Crippen molar-refractivity contribution in [3.8, 4) is 0 Å². The van der Waals surface area contributed by atoms with Gasteiger partial charge in [-0.3, -0.25) is 14.6 Å². The third-order valence-electron chi connectivity index (χ3n) is 4.72. The first-order valence-electron chi connectivity index (χ1n) is 9.18. The number of aromatic nitrogens is 1. The normalized spacial score (nSPS) is 15.6. The van der Waals surface area contributed by atoms with E-state index in [1.807, 2.05) is 6.07 Å². The van der Waals surface area contributed by atoms with E-state index in [0.29, 0.717) is 41.7 Å². The van der Waals surface area contributed by atoms with Crippen LogP contribution in [0.15, 0.2) is 45.9 Å². The van der Waals surface area contributed by atoms with Crippen molar-refractivity contribution >= 4 is 42.4 Å². The van der Waals surface area contributed by atoms with Gasteiger partial charge in [0, 0.05) is 32.4 Å². The molecule has 1 aromatic carbocycles. The summed E-state index contributed by atoms with van der Waals surface area (Å²) in [6.45, 7) is 4.02. The van der Waals surface area contributed by atoms with Crippen molar-refractivity contribution in [1.82, 2.24) is 9.88 Å². The van der Waals surface area contributed by atoms with Gasteiger partial charge in [0.05, 0.1) is 29.1 Å². The van der Waals surface area contributed by atoms with Crippen LogP contribution in [0.4, 0.5) is 5.13 Å². The minimum atomic E-state index is -3.43. The first kappa shape index (κ1) is 20.0. The summed E-state index contributed by atoms with van der Waals surface area (Å²) in [7, 11) is -3.43. The molecule has 0 atom stereocenters. The molecule has 0 aliphatic carbocycles. The minimum absolute atomic E-state index is 0.163. The number of thiazole rings is 1. The molecule has 8 nitrogen and oxygen atoms in total. The van der Waals surface area contributed by atoms with Gasteiger partial charge in [-0.15, -0.1) is 0 Å². The molecule has 1 fully saturated rings. The van der Waals surface area contributed by atoms with Crippen LogP contribution in [0.5, 0.6) is 0 Å². The van der Waals surface area contributed by atoms with Crippen LogP contribution in [0.25, 0.3) is 10.2 Å². The summed E-state index contributed by atoms with van der Waals surface area (Å²) in [4.78, 5) is 21.6. The van der Waals surface area contributed by atoms with Crippen molar-refractivity contribution in [3.05, 3.63) is 42.4 Å². The number of furan rings is 1. The smallest absolute Gasteiger partial charge is 0.295 e. The average molecular weight is 436 g/mol. The van der Waals surface area contributed by atoms with Gasteiger partial charge < -0.3 is 9.15 Å². The number of carbonyl (C=O) groups is 1. The van der Waals surface area contributed by atoms with E-state index in [2.05, 4.69) is 9.88 Å². The zero-order chi connectivity index (χ0) is 20.4. The molecule has 3 aromatic rings. The molecule has 1 aliphatic heterocycles. The van der Waals surface area contributed by atoms with Gasteiger partial charge in [-0.2, -0.15) is 0 Å². The number of rotatable bonds is 6. The molecule has 10 heteroatoms. The van der Waals surface area contributed by atoms with Crippen molar-refractivity contribution < 1.29 is 22.4 Å². The Morgan fingerprint density at radius 3 is 2.72 bits per heavy atom. The molecule has 0 spiro atoms. The lowest BCUT2D eigenvalue weighted by Crippen LogP contribution is -2.43. The first-order valence-corrected chi connectivity index (χ1v) is 11.9. The topological polar surface area (TPSA) is 93.0 Å². The number of nitrogens with zero attached hydrogens (tertiary/aromatic N) is 3. The highest BCUT2D eigenvalue weighted by Gasteiger charge is 2.26. The highest BCUT2D eigenvalue weighted by atomic mass is 32.2. The number of sulfone groups is 1. The third-order valence-corrected chi connectivity index (χ3v) is 6.89. The Kier molecular flexibility index (Phi) is 5.68. The van der Waals surface area contributed by atoms with Crippen LogP contribution in [0.3, 0.4) is 0 Å². The van der Waals surface area contributed by atoms with Crippen LogP contribution >= 0.6 is 11.3 Å². The largest absolute Gasteiger partial charge is 0.459 e. The second-order valence-electron chi connectivity index (χ2n) is 6.76. The van der Waals surface area contributed by atoms with Gasteiger partial charge in [0.15, 0.2) is 20.7 Å². The standard InChI is InChI=1S/C19H21N3O5S2/c1-29(24,25)16-6-2-5-15-17(16)20-19(28-15)22(18(23)14-4-3-11-27-14)8-7-21-9-12-26-13-10-21/h2-6,11H,7-10,12-13H2,1H3. The summed E-state index contributed by atoms with van der Waals surface area (Å²) < 4.78 is 35.6. The maximum Gasteiger partial charge on any atom is 0.295 e. The average Bonchev–Trinajstić information content (AvgIpc) is 3.37.